The predicted octanol–water partition coefficient (Wildman–Crippen LogP) is 4.25. The van der Waals surface area contributed by atoms with Crippen molar-refractivity contribution < 1.29 is 27.5 Å². The summed E-state index contributed by atoms with van der Waals surface area (Å²) in [6, 6.07) is 15.1. The van der Waals surface area contributed by atoms with Crippen molar-refractivity contribution >= 4 is 23.3 Å². The Kier molecular flexibility index (Phi) is 7.17. The molecule has 2 aliphatic heterocycles. The molecular formula is C27H26F3N5O3. The number of anilines is 2. The van der Waals surface area contributed by atoms with Crippen LogP contribution in [0.15, 0.2) is 66.9 Å². The van der Waals surface area contributed by atoms with Crippen molar-refractivity contribution in [3.05, 3.63) is 78.0 Å². The fourth-order valence-electron chi connectivity index (χ4n) is 4.51. The predicted molar refractivity (Wildman–Crippen MR) is 134 cm³/mol. The first-order valence-corrected chi connectivity index (χ1v) is 12.3. The molecule has 2 aromatic carbocycles. The van der Waals surface area contributed by atoms with Crippen LogP contribution in [0.4, 0.5) is 24.7 Å². The van der Waals surface area contributed by atoms with E-state index in [1.54, 1.807) is 35.4 Å². The number of carbonyl (C=O) groups is 2. The van der Waals surface area contributed by atoms with Gasteiger partial charge in [-0.1, -0.05) is 0 Å². The Morgan fingerprint density at radius 3 is 2.24 bits per heavy atom. The van der Waals surface area contributed by atoms with Gasteiger partial charge in [0.25, 0.3) is 5.91 Å². The minimum atomic E-state index is -4.43. The normalized spacial score (nSPS) is 16.6. The van der Waals surface area contributed by atoms with E-state index >= 15 is 0 Å². The van der Waals surface area contributed by atoms with Crippen LogP contribution in [-0.4, -0.2) is 59.2 Å². The third-order valence-corrected chi connectivity index (χ3v) is 6.75. The second-order valence-electron chi connectivity index (χ2n) is 9.38. The Labute approximate surface area is 217 Å². The lowest BCUT2D eigenvalue weighted by Crippen LogP contribution is -2.52. The molecule has 3 aromatic rings. The number of piperidine rings is 1. The van der Waals surface area contributed by atoms with E-state index in [9.17, 15) is 22.8 Å². The van der Waals surface area contributed by atoms with Gasteiger partial charge >= 0.3 is 6.18 Å². The van der Waals surface area contributed by atoms with E-state index in [2.05, 4.69) is 15.5 Å². The molecule has 0 unspecified atom stereocenters. The SMILES string of the molecule is O=C(Nc1ccc(OC2CCN(C(=O)c3ccc(C(F)(F)F)cc3)CC2)cc1)C1CN(c2cccnn2)C1. The summed E-state index contributed by atoms with van der Waals surface area (Å²) >= 11 is 0. The van der Waals surface area contributed by atoms with Gasteiger partial charge in [0.1, 0.15) is 11.9 Å². The largest absolute Gasteiger partial charge is 0.490 e. The number of amides is 2. The topological polar surface area (TPSA) is 87.7 Å². The van der Waals surface area contributed by atoms with Gasteiger partial charge in [-0.25, -0.2) is 0 Å². The first-order chi connectivity index (χ1) is 18.3. The summed E-state index contributed by atoms with van der Waals surface area (Å²) in [6.07, 6.45) is -1.70. The minimum Gasteiger partial charge on any atom is -0.490 e. The highest BCUT2D eigenvalue weighted by molar-refractivity contribution is 5.95. The number of ether oxygens (including phenoxy) is 1. The van der Waals surface area contributed by atoms with Crippen LogP contribution in [0, 0.1) is 5.92 Å². The first kappa shape index (κ1) is 25.5. The summed E-state index contributed by atoms with van der Waals surface area (Å²) in [5, 5.41) is 10.8. The highest BCUT2D eigenvalue weighted by Gasteiger charge is 2.34. The fraction of sp³-hybridized carbons (Fsp3) is 0.333. The van der Waals surface area contributed by atoms with Gasteiger partial charge in [0, 0.05) is 56.5 Å². The number of hydrogen-bond donors (Lipinski definition) is 1. The smallest absolute Gasteiger partial charge is 0.416 e. The molecule has 1 aromatic heterocycles. The second-order valence-corrected chi connectivity index (χ2v) is 9.38. The molecule has 3 heterocycles. The van der Waals surface area contributed by atoms with E-state index < -0.39 is 11.7 Å². The van der Waals surface area contributed by atoms with Gasteiger partial charge in [-0.15, -0.1) is 5.10 Å². The van der Waals surface area contributed by atoms with Crippen molar-refractivity contribution in [3.8, 4) is 5.75 Å². The summed E-state index contributed by atoms with van der Waals surface area (Å²) in [7, 11) is 0. The molecule has 198 valence electrons. The van der Waals surface area contributed by atoms with Crippen LogP contribution in [0.3, 0.4) is 0 Å². The van der Waals surface area contributed by atoms with Crippen LogP contribution in [-0.2, 0) is 11.0 Å². The third kappa shape index (κ3) is 5.87. The zero-order valence-electron chi connectivity index (χ0n) is 20.4. The Morgan fingerprint density at radius 1 is 0.947 bits per heavy atom. The van der Waals surface area contributed by atoms with Crippen molar-refractivity contribution in [1.29, 1.82) is 0 Å². The van der Waals surface area contributed by atoms with E-state index in [4.69, 9.17) is 4.74 Å². The van der Waals surface area contributed by atoms with Gasteiger partial charge < -0.3 is 19.9 Å². The molecule has 0 atom stereocenters. The molecule has 0 radical (unpaired) electrons. The molecule has 0 spiro atoms. The van der Waals surface area contributed by atoms with E-state index in [0.29, 0.717) is 50.5 Å². The third-order valence-electron chi connectivity index (χ3n) is 6.75. The lowest BCUT2D eigenvalue weighted by Gasteiger charge is -2.38. The van der Waals surface area contributed by atoms with Gasteiger partial charge in [-0.3, -0.25) is 9.59 Å². The number of nitrogens with one attached hydrogen (secondary N) is 1. The Morgan fingerprint density at radius 2 is 1.63 bits per heavy atom. The number of carbonyl (C=O) groups excluding carboxylic acids is 2. The van der Waals surface area contributed by atoms with Crippen molar-refractivity contribution in [3.63, 3.8) is 0 Å². The van der Waals surface area contributed by atoms with Crippen molar-refractivity contribution in [2.45, 2.75) is 25.1 Å². The lowest BCUT2D eigenvalue weighted by atomic mass is 9.99. The zero-order chi connectivity index (χ0) is 26.7. The molecule has 0 aliphatic carbocycles. The number of likely N-dealkylation sites (tertiary alicyclic amines) is 1. The van der Waals surface area contributed by atoms with Gasteiger partial charge in [-0.2, -0.15) is 18.3 Å². The first-order valence-electron chi connectivity index (χ1n) is 12.3. The maximum atomic E-state index is 12.8. The highest BCUT2D eigenvalue weighted by Crippen LogP contribution is 2.30. The maximum Gasteiger partial charge on any atom is 0.416 e. The molecule has 8 nitrogen and oxygen atoms in total. The van der Waals surface area contributed by atoms with Crippen molar-refractivity contribution in [2.24, 2.45) is 5.92 Å². The Balaban J connectivity index is 1.06. The molecule has 11 heteroatoms. The number of rotatable bonds is 6. The number of halogens is 3. The van der Waals surface area contributed by atoms with Crippen LogP contribution in [0.25, 0.3) is 0 Å². The van der Waals surface area contributed by atoms with E-state index in [1.807, 2.05) is 17.0 Å². The highest BCUT2D eigenvalue weighted by atomic mass is 19.4. The summed E-state index contributed by atoms with van der Waals surface area (Å²) in [4.78, 5) is 28.8. The minimum absolute atomic E-state index is 0.0520. The number of alkyl halides is 3. The van der Waals surface area contributed by atoms with E-state index in [-0.39, 0.29) is 29.4 Å². The summed E-state index contributed by atoms with van der Waals surface area (Å²) in [6.45, 7) is 2.08. The molecule has 5 rings (SSSR count). The lowest BCUT2D eigenvalue weighted by molar-refractivity contribution is -0.137. The van der Waals surface area contributed by atoms with E-state index in [0.717, 1.165) is 18.0 Å². The quantitative estimate of drug-likeness (QED) is 0.518. The van der Waals surface area contributed by atoms with Gasteiger partial charge in [0.05, 0.1) is 11.5 Å². The average Bonchev–Trinajstić information content (AvgIpc) is 2.89. The summed E-state index contributed by atoms with van der Waals surface area (Å²) in [5.41, 5.74) is 0.135. The molecule has 0 saturated carbocycles. The summed E-state index contributed by atoms with van der Waals surface area (Å²) < 4.78 is 44.3. The molecule has 38 heavy (non-hydrogen) atoms. The monoisotopic (exact) mass is 525 g/mol. The molecule has 2 fully saturated rings. The standard InChI is InChI=1S/C27H26F3N5O3/c28-27(29,30)20-5-3-18(4-6-20)26(37)34-14-11-23(12-15-34)38-22-9-7-21(8-10-22)32-25(36)19-16-35(17-19)24-2-1-13-31-33-24/h1-10,13,19,23H,11-12,14-17H2,(H,32,36). The van der Waals surface area contributed by atoms with E-state index in [1.165, 1.54) is 12.1 Å². The molecule has 0 bridgehead atoms. The molecule has 2 amide bonds. The molecule has 2 aliphatic rings. The van der Waals surface area contributed by atoms with Gasteiger partial charge in [-0.05, 0) is 60.7 Å². The van der Waals surface area contributed by atoms with Crippen LogP contribution in [0.5, 0.6) is 5.75 Å². The Bertz CT molecular complexity index is 1260. The molecular weight excluding hydrogens is 499 g/mol. The van der Waals surface area contributed by atoms with Crippen LogP contribution >= 0.6 is 0 Å². The van der Waals surface area contributed by atoms with Crippen LogP contribution in [0.2, 0.25) is 0 Å². The number of benzene rings is 2. The van der Waals surface area contributed by atoms with Gasteiger partial charge in [0.2, 0.25) is 5.91 Å². The average molecular weight is 526 g/mol. The van der Waals surface area contributed by atoms with Gasteiger partial charge in [0.15, 0.2) is 5.82 Å². The number of aromatic nitrogens is 2. The second kappa shape index (κ2) is 10.7. The number of hydrogen-bond acceptors (Lipinski definition) is 6. The fourth-order valence-corrected chi connectivity index (χ4v) is 4.51. The summed E-state index contributed by atoms with van der Waals surface area (Å²) in [5.74, 6) is 0.955. The van der Waals surface area contributed by atoms with Crippen LogP contribution < -0.4 is 15.0 Å². The van der Waals surface area contributed by atoms with Crippen LogP contribution in [0.1, 0.15) is 28.8 Å². The van der Waals surface area contributed by atoms with Crippen molar-refractivity contribution in [1.82, 2.24) is 15.1 Å². The molecule has 1 N–H and O–H groups in total. The Hall–Kier alpha value is -4.15. The molecule has 2 saturated heterocycles. The number of nitrogens with zero attached hydrogens (tertiary/aromatic N) is 4. The van der Waals surface area contributed by atoms with Crippen molar-refractivity contribution in [2.75, 3.05) is 36.4 Å². The maximum absolute atomic E-state index is 12.8. The zero-order valence-corrected chi connectivity index (χ0v) is 20.4.